The Morgan fingerprint density at radius 2 is 1.97 bits per heavy atom. The molecule has 0 unspecified atom stereocenters. The molecule has 0 atom stereocenters. The van der Waals surface area contributed by atoms with Gasteiger partial charge in [-0.15, -0.1) is 0 Å². The number of halogens is 1. The van der Waals surface area contributed by atoms with Crippen LogP contribution >= 0.6 is 0 Å². The Balaban J connectivity index is 1.44. The minimum Gasteiger partial charge on any atom is -0.492 e. The molecule has 2 aromatic rings. The van der Waals surface area contributed by atoms with Crippen LogP contribution in [-0.4, -0.2) is 50.3 Å². The third-order valence-electron chi connectivity index (χ3n) is 5.54. The number of nitrogens with zero attached hydrogens (tertiary/aromatic N) is 1. The Bertz CT molecular complexity index is 877. The summed E-state index contributed by atoms with van der Waals surface area (Å²) in [6.07, 6.45) is 3.67. The van der Waals surface area contributed by atoms with Crippen LogP contribution in [0.2, 0.25) is 0 Å². The van der Waals surface area contributed by atoms with Crippen molar-refractivity contribution in [2.45, 2.75) is 32.4 Å². The number of hydrogen-bond acceptors (Lipinski definition) is 4. The maximum Gasteiger partial charge on any atom is 0.244 e. The summed E-state index contributed by atoms with van der Waals surface area (Å²) in [6.45, 7) is 5.39. The highest BCUT2D eigenvalue weighted by Crippen LogP contribution is 2.16. The van der Waals surface area contributed by atoms with E-state index in [-0.39, 0.29) is 11.7 Å². The first kappa shape index (κ1) is 23.0. The molecule has 1 saturated heterocycles. The zero-order valence-electron chi connectivity index (χ0n) is 18.3. The molecule has 1 amide bonds. The molecule has 1 heterocycles. The van der Waals surface area contributed by atoms with E-state index >= 15 is 0 Å². The lowest BCUT2D eigenvalue weighted by atomic mass is 10.1. The first-order valence-electron chi connectivity index (χ1n) is 10.7. The topological polar surface area (TPSA) is 50.8 Å². The second kappa shape index (κ2) is 11.6. The number of likely N-dealkylation sites (N-methyl/N-ethyl adjacent to an activating group) is 1. The van der Waals surface area contributed by atoms with Crippen LogP contribution in [0.25, 0.3) is 5.57 Å². The maximum atomic E-state index is 13.0. The maximum absolute atomic E-state index is 13.0. The second-order valence-electron chi connectivity index (χ2n) is 7.87. The number of ether oxygens (including phenoxy) is 2. The number of amides is 1. The van der Waals surface area contributed by atoms with E-state index in [9.17, 15) is 9.18 Å². The molecule has 1 aliphatic rings. The Morgan fingerprint density at radius 1 is 1.23 bits per heavy atom. The lowest BCUT2D eigenvalue weighted by Crippen LogP contribution is -2.38. The summed E-state index contributed by atoms with van der Waals surface area (Å²) < 4.78 is 24.4. The second-order valence-corrected chi connectivity index (χ2v) is 7.87. The summed E-state index contributed by atoms with van der Waals surface area (Å²) in [5, 5.41) is 2.89. The number of carbonyl (C=O) groups excluding carboxylic acids is 1. The molecule has 2 aromatic carbocycles. The minimum atomic E-state index is -0.293. The van der Waals surface area contributed by atoms with Gasteiger partial charge in [0.2, 0.25) is 5.91 Å². The van der Waals surface area contributed by atoms with E-state index in [4.69, 9.17) is 9.47 Å². The smallest absolute Gasteiger partial charge is 0.244 e. The molecule has 1 fully saturated rings. The molecule has 31 heavy (non-hydrogen) atoms. The van der Waals surface area contributed by atoms with Crippen molar-refractivity contribution in [3.8, 4) is 5.75 Å². The molecule has 1 aliphatic heterocycles. The van der Waals surface area contributed by atoms with Gasteiger partial charge in [-0.2, -0.15) is 0 Å². The number of carbonyl (C=O) groups is 1. The van der Waals surface area contributed by atoms with Crippen molar-refractivity contribution >= 4 is 11.5 Å². The number of rotatable bonds is 9. The fourth-order valence-electron chi connectivity index (χ4n) is 3.59. The first-order valence-corrected chi connectivity index (χ1v) is 10.7. The predicted molar refractivity (Wildman–Crippen MR) is 120 cm³/mol. The van der Waals surface area contributed by atoms with E-state index in [1.54, 1.807) is 12.1 Å². The monoisotopic (exact) mass is 426 g/mol. The van der Waals surface area contributed by atoms with E-state index in [1.807, 2.05) is 31.2 Å². The molecular weight excluding hydrogens is 395 g/mol. The average molecular weight is 427 g/mol. The summed E-state index contributed by atoms with van der Waals surface area (Å²) in [7, 11) is 2.13. The summed E-state index contributed by atoms with van der Waals surface area (Å²) in [5.41, 5.74) is 2.57. The van der Waals surface area contributed by atoms with Gasteiger partial charge in [0.05, 0.1) is 0 Å². The van der Waals surface area contributed by atoms with Gasteiger partial charge >= 0.3 is 0 Å². The van der Waals surface area contributed by atoms with Gasteiger partial charge in [0.1, 0.15) is 18.2 Å². The molecular formula is C25H31FN2O3. The Morgan fingerprint density at radius 3 is 2.71 bits per heavy atom. The Kier molecular flexibility index (Phi) is 8.62. The summed E-state index contributed by atoms with van der Waals surface area (Å²) >= 11 is 0. The number of nitrogens with one attached hydrogen (secondary N) is 1. The van der Waals surface area contributed by atoms with Crippen LogP contribution in [0.3, 0.4) is 0 Å². The third kappa shape index (κ3) is 7.49. The number of hydrogen-bond donors (Lipinski definition) is 1. The van der Waals surface area contributed by atoms with E-state index < -0.39 is 0 Å². The van der Waals surface area contributed by atoms with Crippen LogP contribution in [0.4, 0.5) is 4.39 Å². The van der Waals surface area contributed by atoms with Crippen molar-refractivity contribution in [3.63, 3.8) is 0 Å². The predicted octanol–water partition coefficient (Wildman–Crippen LogP) is 4.04. The van der Waals surface area contributed by atoms with Crippen molar-refractivity contribution < 1.29 is 18.7 Å². The van der Waals surface area contributed by atoms with Gasteiger partial charge < -0.3 is 14.8 Å². The molecule has 5 nitrogen and oxygen atoms in total. The zero-order chi connectivity index (χ0) is 22.1. The lowest BCUT2D eigenvalue weighted by molar-refractivity contribution is -0.116. The van der Waals surface area contributed by atoms with Crippen molar-refractivity contribution in [3.05, 3.63) is 71.6 Å². The van der Waals surface area contributed by atoms with Gasteiger partial charge in [-0.05, 0) is 67.8 Å². The van der Waals surface area contributed by atoms with E-state index in [0.717, 1.165) is 55.0 Å². The molecule has 0 aliphatic carbocycles. The third-order valence-corrected chi connectivity index (χ3v) is 5.54. The van der Waals surface area contributed by atoms with Gasteiger partial charge in [-0.3, -0.25) is 9.69 Å². The lowest BCUT2D eigenvalue weighted by Gasteiger charge is -2.31. The SMILES string of the molecule is C/C(=C\C(=O)NCc1cccc(OCCN(C)C2CCOCC2)c1)c1ccc(F)cc1. The van der Waals surface area contributed by atoms with Gasteiger partial charge in [-0.1, -0.05) is 24.3 Å². The van der Waals surface area contributed by atoms with Crippen LogP contribution in [0, 0.1) is 5.82 Å². The molecule has 0 aromatic heterocycles. The average Bonchev–Trinajstić information content (AvgIpc) is 2.79. The van der Waals surface area contributed by atoms with E-state index in [2.05, 4.69) is 17.3 Å². The zero-order valence-corrected chi connectivity index (χ0v) is 18.3. The fraction of sp³-hybridized carbons (Fsp3) is 0.400. The van der Waals surface area contributed by atoms with Gasteiger partial charge in [-0.25, -0.2) is 4.39 Å². The molecule has 0 saturated carbocycles. The largest absolute Gasteiger partial charge is 0.492 e. The normalized spacial score (nSPS) is 15.2. The fourth-order valence-corrected chi connectivity index (χ4v) is 3.59. The van der Waals surface area contributed by atoms with Crippen LogP contribution in [0.5, 0.6) is 5.75 Å². The van der Waals surface area contributed by atoms with Crippen molar-refractivity contribution in [1.29, 1.82) is 0 Å². The molecule has 0 spiro atoms. The molecule has 0 radical (unpaired) electrons. The quantitative estimate of drug-likeness (QED) is 0.615. The van der Waals surface area contributed by atoms with Crippen molar-refractivity contribution in [1.82, 2.24) is 10.2 Å². The van der Waals surface area contributed by atoms with E-state index in [1.165, 1.54) is 18.2 Å². The molecule has 6 heteroatoms. The molecule has 166 valence electrons. The van der Waals surface area contributed by atoms with Gasteiger partial charge in [0, 0.05) is 38.4 Å². The number of allylic oxidation sites excluding steroid dienone is 1. The van der Waals surface area contributed by atoms with Crippen LogP contribution < -0.4 is 10.1 Å². The Hall–Kier alpha value is -2.70. The molecule has 0 bridgehead atoms. The minimum absolute atomic E-state index is 0.189. The molecule has 1 N–H and O–H groups in total. The Labute approximate surface area is 183 Å². The van der Waals surface area contributed by atoms with Gasteiger partial charge in [0.15, 0.2) is 0 Å². The highest BCUT2D eigenvalue weighted by atomic mass is 19.1. The van der Waals surface area contributed by atoms with Crippen LogP contribution in [-0.2, 0) is 16.1 Å². The standard InChI is InChI=1S/C25H31FN2O3/c1-19(21-6-8-22(26)9-7-21)16-25(29)27-18-20-4-3-5-24(17-20)31-15-12-28(2)23-10-13-30-14-11-23/h3-9,16-17,23H,10-15,18H2,1-2H3,(H,27,29)/b19-16+. The highest BCUT2D eigenvalue weighted by Gasteiger charge is 2.17. The van der Waals surface area contributed by atoms with Crippen molar-refractivity contribution in [2.24, 2.45) is 0 Å². The van der Waals surface area contributed by atoms with Crippen LogP contribution in [0.1, 0.15) is 30.9 Å². The van der Waals surface area contributed by atoms with Crippen molar-refractivity contribution in [2.75, 3.05) is 33.4 Å². The summed E-state index contributed by atoms with van der Waals surface area (Å²) in [5.74, 6) is 0.315. The molecule has 3 rings (SSSR count). The first-order chi connectivity index (χ1) is 15.0. The summed E-state index contributed by atoms with van der Waals surface area (Å²) in [4.78, 5) is 14.6. The highest BCUT2D eigenvalue weighted by molar-refractivity contribution is 5.94. The summed E-state index contributed by atoms with van der Waals surface area (Å²) in [6, 6.07) is 14.4. The number of benzene rings is 2. The van der Waals surface area contributed by atoms with Crippen LogP contribution in [0.15, 0.2) is 54.6 Å². The van der Waals surface area contributed by atoms with Gasteiger partial charge in [0.25, 0.3) is 0 Å². The van der Waals surface area contributed by atoms with E-state index in [0.29, 0.717) is 19.2 Å².